The number of hydrogen-bond donors (Lipinski definition) is 2. The number of aryl methyl sites for hydroxylation is 1. The fraction of sp³-hybridized carbons (Fsp3) is 0.462. The molecule has 94 valence electrons. The number of carbonyl (C=O) groups excluding carboxylic acids is 1. The number of benzene rings is 1. The molecule has 0 spiro atoms. The third-order valence-electron chi connectivity index (χ3n) is 2.49. The predicted octanol–water partition coefficient (Wildman–Crippen LogP) is 1.23. The van der Waals surface area contributed by atoms with Crippen LogP contribution < -0.4 is 15.4 Å². The normalized spacial score (nSPS) is 10.1. The second-order valence-electron chi connectivity index (χ2n) is 3.81. The summed E-state index contributed by atoms with van der Waals surface area (Å²) < 4.78 is 5.57. The highest BCUT2D eigenvalue weighted by molar-refractivity contribution is 5.77. The highest BCUT2D eigenvalue weighted by Gasteiger charge is 2.08. The SMILES string of the molecule is CCNCc1cccc(C)c1OCC(=O)NC. The molecule has 1 aromatic rings. The molecule has 0 unspecified atom stereocenters. The first kappa shape index (κ1) is 13.5. The van der Waals surface area contributed by atoms with Gasteiger partial charge in [-0.15, -0.1) is 0 Å². The van der Waals surface area contributed by atoms with Gasteiger partial charge in [-0.25, -0.2) is 0 Å². The molecule has 0 atom stereocenters. The van der Waals surface area contributed by atoms with E-state index in [0.29, 0.717) is 0 Å². The number of hydrogen-bond acceptors (Lipinski definition) is 3. The second kappa shape index (κ2) is 6.91. The number of nitrogens with one attached hydrogen (secondary N) is 2. The highest BCUT2D eigenvalue weighted by Crippen LogP contribution is 2.23. The molecule has 0 bridgehead atoms. The molecule has 0 aliphatic carbocycles. The van der Waals surface area contributed by atoms with Gasteiger partial charge in [0.1, 0.15) is 5.75 Å². The molecular weight excluding hydrogens is 216 g/mol. The summed E-state index contributed by atoms with van der Waals surface area (Å²) in [6, 6.07) is 5.98. The van der Waals surface area contributed by atoms with E-state index in [9.17, 15) is 4.79 Å². The maximum absolute atomic E-state index is 11.2. The van der Waals surface area contributed by atoms with Crippen molar-refractivity contribution in [3.8, 4) is 5.75 Å². The van der Waals surface area contributed by atoms with Crippen LogP contribution in [0.25, 0.3) is 0 Å². The zero-order valence-corrected chi connectivity index (χ0v) is 10.7. The topological polar surface area (TPSA) is 50.4 Å². The first-order valence-corrected chi connectivity index (χ1v) is 5.81. The Kier molecular flexibility index (Phi) is 5.49. The summed E-state index contributed by atoms with van der Waals surface area (Å²) in [7, 11) is 1.60. The third kappa shape index (κ3) is 4.07. The van der Waals surface area contributed by atoms with E-state index < -0.39 is 0 Å². The van der Waals surface area contributed by atoms with Gasteiger partial charge in [0, 0.05) is 19.2 Å². The van der Waals surface area contributed by atoms with Crippen LogP contribution in [0.15, 0.2) is 18.2 Å². The number of carbonyl (C=O) groups is 1. The fourth-order valence-electron chi connectivity index (χ4n) is 1.53. The van der Waals surface area contributed by atoms with Crippen LogP contribution in [0, 0.1) is 6.92 Å². The number of amides is 1. The van der Waals surface area contributed by atoms with E-state index in [4.69, 9.17) is 4.74 Å². The van der Waals surface area contributed by atoms with Crippen LogP contribution in [-0.4, -0.2) is 26.1 Å². The van der Waals surface area contributed by atoms with Crippen molar-refractivity contribution < 1.29 is 9.53 Å². The Balaban J connectivity index is 2.76. The molecule has 4 heteroatoms. The molecule has 0 saturated carbocycles. The molecule has 2 N–H and O–H groups in total. The van der Waals surface area contributed by atoms with E-state index in [1.807, 2.05) is 25.1 Å². The van der Waals surface area contributed by atoms with E-state index in [1.165, 1.54) is 0 Å². The van der Waals surface area contributed by atoms with Gasteiger partial charge in [0.15, 0.2) is 6.61 Å². The minimum Gasteiger partial charge on any atom is -0.483 e. The molecule has 0 aromatic heterocycles. The predicted molar refractivity (Wildman–Crippen MR) is 68.1 cm³/mol. The molecule has 1 rings (SSSR count). The average molecular weight is 236 g/mol. The molecular formula is C13H20N2O2. The summed E-state index contributed by atoms with van der Waals surface area (Å²) in [5, 5.41) is 5.79. The molecule has 0 aliphatic rings. The van der Waals surface area contributed by atoms with E-state index in [1.54, 1.807) is 7.05 Å². The lowest BCUT2D eigenvalue weighted by Gasteiger charge is -2.13. The van der Waals surface area contributed by atoms with Crippen LogP contribution in [0.1, 0.15) is 18.1 Å². The smallest absolute Gasteiger partial charge is 0.257 e. The minimum absolute atomic E-state index is 0.0560. The van der Waals surface area contributed by atoms with Gasteiger partial charge in [0.25, 0.3) is 5.91 Å². The molecule has 0 fully saturated rings. The molecule has 17 heavy (non-hydrogen) atoms. The van der Waals surface area contributed by atoms with Crippen molar-refractivity contribution in [3.05, 3.63) is 29.3 Å². The Morgan fingerprint density at radius 2 is 2.18 bits per heavy atom. The molecule has 4 nitrogen and oxygen atoms in total. The van der Waals surface area contributed by atoms with E-state index in [0.717, 1.165) is 30.0 Å². The Hall–Kier alpha value is -1.55. The Morgan fingerprint density at radius 1 is 1.41 bits per heavy atom. The Bertz CT molecular complexity index is 378. The van der Waals surface area contributed by atoms with Gasteiger partial charge in [-0.1, -0.05) is 25.1 Å². The number of ether oxygens (including phenoxy) is 1. The van der Waals surface area contributed by atoms with Gasteiger partial charge in [0.05, 0.1) is 0 Å². The molecule has 0 saturated heterocycles. The monoisotopic (exact) mass is 236 g/mol. The molecule has 0 aliphatic heterocycles. The Labute approximate surface area is 102 Å². The summed E-state index contributed by atoms with van der Waals surface area (Å²) in [6.07, 6.45) is 0. The van der Waals surface area contributed by atoms with Crippen molar-refractivity contribution in [3.63, 3.8) is 0 Å². The third-order valence-corrected chi connectivity index (χ3v) is 2.49. The largest absolute Gasteiger partial charge is 0.483 e. The van der Waals surface area contributed by atoms with Gasteiger partial charge in [-0.05, 0) is 19.0 Å². The first-order chi connectivity index (χ1) is 8.19. The fourth-order valence-corrected chi connectivity index (χ4v) is 1.53. The summed E-state index contributed by atoms with van der Waals surface area (Å²) in [5.74, 6) is 0.680. The van der Waals surface area contributed by atoms with Gasteiger partial charge < -0.3 is 15.4 Å². The van der Waals surface area contributed by atoms with E-state index >= 15 is 0 Å². The van der Waals surface area contributed by atoms with E-state index in [-0.39, 0.29) is 12.5 Å². The summed E-state index contributed by atoms with van der Waals surface area (Å²) in [5.41, 5.74) is 2.13. The lowest BCUT2D eigenvalue weighted by Crippen LogP contribution is -2.25. The molecule has 0 radical (unpaired) electrons. The standard InChI is InChI=1S/C13H20N2O2/c1-4-15-8-11-7-5-6-10(2)13(11)17-9-12(16)14-3/h5-7,15H,4,8-9H2,1-3H3,(H,14,16). The zero-order valence-electron chi connectivity index (χ0n) is 10.7. The molecule has 1 aromatic carbocycles. The molecule has 1 amide bonds. The van der Waals surface area contributed by atoms with Crippen molar-refractivity contribution >= 4 is 5.91 Å². The van der Waals surface area contributed by atoms with Crippen LogP contribution >= 0.6 is 0 Å². The Morgan fingerprint density at radius 3 is 2.82 bits per heavy atom. The molecule has 0 heterocycles. The number of likely N-dealkylation sites (N-methyl/N-ethyl adjacent to an activating group) is 1. The average Bonchev–Trinajstić information content (AvgIpc) is 2.34. The van der Waals surface area contributed by atoms with Crippen molar-refractivity contribution in [1.29, 1.82) is 0 Å². The highest BCUT2D eigenvalue weighted by atomic mass is 16.5. The minimum atomic E-state index is -0.123. The summed E-state index contributed by atoms with van der Waals surface area (Å²) >= 11 is 0. The van der Waals surface area contributed by atoms with Crippen LogP contribution in [0.2, 0.25) is 0 Å². The summed E-state index contributed by atoms with van der Waals surface area (Å²) in [4.78, 5) is 11.2. The van der Waals surface area contributed by atoms with Gasteiger partial charge in [-0.2, -0.15) is 0 Å². The van der Waals surface area contributed by atoms with Crippen molar-refractivity contribution in [2.45, 2.75) is 20.4 Å². The van der Waals surface area contributed by atoms with Gasteiger partial charge in [0.2, 0.25) is 0 Å². The van der Waals surface area contributed by atoms with Crippen LogP contribution in [0.3, 0.4) is 0 Å². The summed E-state index contributed by atoms with van der Waals surface area (Å²) in [6.45, 7) is 5.75. The van der Waals surface area contributed by atoms with Crippen molar-refractivity contribution in [1.82, 2.24) is 10.6 Å². The van der Waals surface area contributed by atoms with Crippen molar-refractivity contribution in [2.24, 2.45) is 0 Å². The van der Waals surface area contributed by atoms with Crippen LogP contribution in [0.5, 0.6) is 5.75 Å². The number of para-hydroxylation sites is 1. The van der Waals surface area contributed by atoms with Gasteiger partial charge >= 0.3 is 0 Å². The lowest BCUT2D eigenvalue weighted by atomic mass is 10.1. The lowest BCUT2D eigenvalue weighted by molar-refractivity contribution is -0.122. The zero-order chi connectivity index (χ0) is 12.7. The van der Waals surface area contributed by atoms with Crippen LogP contribution in [-0.2, 0) is 11.3 Å². The van der Waals surface area contributed by atoms with Gasteiger partial charge in [-0.3, -0.25) is 4.79 Å². The quantitative estimate of drug-likeness (QED) is 0.781. The van der Waals surface area contributed by atoms with E-state index in [2.05, 4.69) is 17.6 Å². The van der Waals surface area contributed by atoms with Crippen molar-refractivity contribution in [2.75, 3.05) is 20.2 Å². The maximum atomic E-state index is 11.2. The second-order valence-corrected chi connectivity index (χ2v) is 3.81. The number of rotatable bonds is 6. The van der Waals surface area contributed by atoms with Crippen LogP contribution in [0.4, 0.5) is 0 Å². The first-order valence-electron chi connectivity index (χ1n) is 5.81. The maximum Gasteiger partial charge on any atom is 0.257 e.